The Labute approximate surface area is 193 Å². The Morgan fingerprint density at radius 3 is 2.12 bits per heavy atom. The molecule has 34 heavy (non-hydrogen) atoms. The quantitative estimate of drug-likeness (QED) is 0.464. The minimum Gasteiger partial charge on any atom is -0.322 e. The zero-order chi connectivity index (χ0) is 23.8. The number of nitrogens with zero attached hydrogens (tertiary/aromatic N) is 2. The number of imide groups is 1. The number of fused-ring (bicyclic) bond motifs is 1. The van der Waals surface area contributed by atoms with Crippen molar-refractivity contribution in [3.63, 3.8) is 0 Å². The van der Waals surface area contributed by atoms with Gasteiger partial charge in [0.1, 0.15) is 5.56 Å². The van der Waals surface area contributed by atoms with E-state index in [1.54, 1.807) is 0 Å². The van der Waals surface area contributed by atoms with Gasteiger partial charge in [-0.2, -0.15) is 5.10 Å². The molecule has 1 aromatic heterocycles. The van der Waals surface area contributed by atoms with Crippen molar-refractivity contribution in [3.8, 4) is 22.4 Å². The molecule has 2 N–H and O–H groups in total. The molecular weight excluding hydrogens is 432 g/mol. The summed E-state index contributed by atoms with van der Waals surface area (Å²) in [6, 6.07) is 22.8. The third-order valence-corrected chi connectivity index (χ3v) is 5.58. The molecule has 1 aliphatic heterocycles. The molecule has 0 bridgehead atoms. The van der Waals surface area contributed by atoms with Crippen LogP contribution in [-0.2, 0) is 7.05 Å². The lowest BCUT2D eigenvalue weighted by Gasteiger charge is -2.16. The largest absolute Gasteiger partial charge is 0.322 e. The summed E-state index contributed by atoms with van der Waals surface area (Å²) in [5, 5.41) is 9.39. The van der Waals surface area contributed by atoms with E-state index in [4.69, 9.17) is 0 Å². The van der Waals surface area contributed by atoms with Gasteiger partial charge in [-0.25, -0.2) is 4.68 Å². The predicted molar refractivity (Wildman–Crippen MR) is 127 cm³/mol. The van der Waals surface area contributed by atoms with Crippen molar-refractivity contribution in [2.75, 3.05) is 5.32 Å². The lowest BCUT2D eigenvalue weighted by atomic mass is 9.95. The molecular formula is C26H18N4O4. The highest BCUT2D eigenvalue weighted by atomic mass is 16.2. The van der Waals surface area contributed by atoms with Crippen molar-refractivity contribution in [2.24, 2.45) is 7.05 Å². The maximum Gasteiger partial charge on any atom is 0.280 e. The second kappa shape index (κ2) is 8.25. The molecule has 0 aliphatic carbocycles. The summed E-state index contributed by atoms with van der Waals surface area (Å²) in [5.74, 6) is -1.67. The summed E-state index contributed by atoms with van der Waals surface area (Å²) in [6.07, 6.45) is 0. The number of amides is 3. The van der Waals surface area contributed by atoms with Gasteiger partial charge in [-0.3, -0.25) is 24.5 Å². The molecule has 3 amide bonds. The molecule has 3 aromatic carbocycles. The van der Waals surface area contributed by atoms with Gasteiger partial charge in [0.05, 0.1) is 16.8 Å². The second-order valence-corrected chi connectivity index (χ2v) is 7.76. The van der Waals surface area contributed by atoms with Gasteiger partial charge in [0.25, 0.3) is 23.3 Å². The summed E-state index contributed by atoms with van der Waals surface area (Å²) in [6.45, 7) is 0. The Balaban J connectivity index is 1.67. The van der Waals surface area contributed by atoms with Gasteiger partial charge < -0.3 is 5.32 Å². The van der Waals surface area contributed by atoms with E-state index in [1.807, 2.05) is 60.7 Å². The van der Waals surface area contributed by atoms with Crippen LogP contribution >= 0.6 is 0 Å². The molecule has 8 heteroatoms. The first kappa shape index (κ1) is 21.0. The number of rotatable bonds is 4. The van der Waals surface area contributed by atoms with E-state index in [2.05, 4.69) is 15.7 Å². The molecule has 0 radical (unpaired) electrons. The molecule has 0 spiro atoms. The van der Waals surface area contributed by atoms with Crippen LogP contribution < -0.4 is 16.2 Å². The van der Waals surface area contributed by atoms with Crippen LogP contribution in [0.15, 0.2) is 83.7 Å². The predicted octanol–water partition coefficient (Wildman–Crippen LogP) is 3.25. The summed E-state index contributed by atoms with van der Waals surface area (Å²) in [5.41, 5.74) is 2.34. The Morgan fingerprint density at radius 2 is 1.44 bits per heavy atom. The van der Waals surface area contributed by atoms with Crippen molar-refractivity contribution in [2.45, 2.75) is 0 Å². The van der Waals surface area contributed by atoms with Gasteiger partial charge in [0.15, 0.2) is 0 Å². The summed E-state index contributed by atoms with van der Waals surface area (Å²) >= 11 is 0. The van der Waals surface area contributed by atoms with Crippen molar-refractivity contribution in [1.29, 1.82) is 0 Å². The molecule has 0 atom stereocenters. The first-order chi connectivity index (χ1) is 16.4. The van der Waals surface area contributed by atoms with E-state index in [0.29, 0.717) is 16.8 Å². The average molecular weight is 450 g/mol. The number of carbonyl (C=O) groups is 3. The fourth-order valence-corrected chi connectivity index (χ4v) is 3.97. The van der Waals surface area contributed by atoms with Gasteiger partial charge >= 0.3 is 0 Å². The van der Waals surface area contributed by atoms with Gasteiger partial charge in [-0.05, 0) is 23.8 Å². The lowest BCUT2D eigenvalue weighted by molar-refractivity contribution is 0.0878. The summed E-state index contributed by atoms with van der Waals surface area (Å²) in [4.78, 5) is 50.5. The maximum atomic E-state index is 13.5. The number of aromatic nitrogens is 2. The van der Waals surface area contributed by atoms with E-state index < -0.39 is 23.3 Å². The molecule has 0 saturated carbocycles. The minimum absolute atomic E-state index is 0.0800. The Bertz CT molecular complexity index is 1530. The monoisotopic (exact) mass is 450 g/mol. The standard InChI is InChI=1S/C26H18N4O4/c1-30-26(34)21(25(33)27-17-12-13-18-19(14-17)24(32)28-23(18)31)20(15-8-4-2-5-9-15)22(29-30)16-10-6-3-7-11-16/h2-14H,1H3,(H,27,33)(H,28,31,32). The smallest absolute Gasteiger partial charge is 0.280 e. The van der Waals surface area contributed by atoms with Crippen molar-refractivity contribution < 1.29 is 14.4 Å². The second-order valence-electron chi connectivity index (χ2n) is 7.76. The topological polar surface area (TPSA) is 110 Å². The third kappa shape index (κ3) is 3.57. The molecule has 2 heterocycles. The SMILES string of the molecule is Cn1nc(-c2ccccc2)c(-c2ccccc2)c(C(=O)Nc2ccc3c(c2)C(=O)NC3=O)c1=O. The number of benzene rings is 3. The molecule has 4 aromatic rings. The zero-order valence-electron chi connectivity index (χ0n) is 18.0. The van der Waals surface area contributed by atoms with Crippen molar-refractivity contribution in [3.05, 3.63) is 106 Å². The van der Waals surface area contributed by atoms with Crippen LogP contribution in [0.3, 0.4) is 0 Å². The van der Waals surface area contributed by atoms with E-state index in [9.17, 15) is 19.2 Å². The number of aryl methyl sites for hydroxylation is 1. The van der Waals surface area contributed by atoms with E-state index in [-0.39, 0.29) is 22.4 Å². The fourth-order valence-electron chi connectivity index (χ4n) is 3.97. The van der Waals surface area contributed by atoms with Crippen LogP contribution in [0.2, 0.25) is 0 Å². The molecule has 0 unspecified atom stereocenters. The number of nitrogens with one attached hydrogen (secondary N) is 2. The maximum absolute atomic E-state index is 13.5. The fraction of sp³-hybridized carbons (Fsp3) is 0.0385. The van der Waals surface area contributed by atoms with Gasteiger partial charge in [-0.1, -0.05) is 60.7 Å². The van der Waals surface area contributed by atoms with Gasteiger partial charge in [0.2, 0.25) is 0 Å². The van der Waals surface area contributed by atoms with Crippen LogP contribution in [0.1, 0.15) is 31.1 Å². The lowest BCUT2D eigenvalue weighted by Crippen LogP contribution is -2.31. The molecule has 5 rings (SSSR count). The van der Waals surface area contributed by atoms with E-state index >= 15 is 0 Å². The van der Waals surface area contributed by atoms with Crippen LogP contribution in [0.4, 0.5) is 5.69 Å². The average Bonchev–Trinajstić information content (AvgIpc) is 3.14. The summed E-state index contributed by atoms with van der Waals surface area (Å²) in [7, 11) is 1.49. The Morgan fingerprint density at radius 1 is 0.824 bits per heavy atom. The number of anilines is 1. The minimum atomic E-state index is -0.649. The van der Waals surface area contributed by atoms with Gasteiger partial charge in [0, 0.05) is 23.9 Å². The molecule has 0 saturated heterocycles. The van der Waals surface area contributed by atoms with E-state index in [0.717, 1.165) is 10.2 Å². The zero-order valence-corrected chi connectivity index (χ0v) is 18.0. The number of carbonyl (C=O) groups excluding carboxylic acids is 3. The van der Waals surface area contributed by atoms with Crippen molar-refractivity contribution >= 4 is 23.4 Å². The Kier molecular flexibility index (Phi) is 5.10. The van der Waals surface area contributed by atoms with Gasteiger partial charge in [-0.15, -0.1) is 0 Å². The van der Waals surface area contributed by atoms with Crippen LogP contribution in [-0.4, -0.2) is 27.5 Å². The highest BCUT2D eigenvalue weighted by molar-refractivity contribution is 6.22. The summed E-state index contributed by atoms with van der Waals surface area (Å²) < 4.78 is 1.14. The van der Waals surface area contributed by atoms with Crippen LogP contribution in [0.25, 0.3) is 22.4 Å². The molecule has 0 fully saturated rings. The van der Waals surface area contributed by atoms with E-state index in [1.165, 1.54) is 25.2 Å². The molecule has 8 nitrogen and oxygen atoms in total. The highest BCUT2D eigenvalue weighted by Gasteiger charge is 2.28. The number of hydrogen-bond donors (Lipinski definition) is 2. The first-order valence-corrected chi connectivity index (χ1v) is 10.5. The highest BCUT2D eigenvalue weighted by Crippen LogP contribution is 2.32. The first-order valence-electron chi connectivity index (χ1n) is 10.5. The van der Waals surface area contributed by atoms with Crippen molar-refractivity contribution in [1.82, 2.24) is 15.1 Å². The third-order valence-electron chi connectivity index (χ3n) is 5.58. The molecule has 166 valence electrons. The normalized spacial score (nSPS) is 12.3. The molecule has 1 aliphatic rings. The number of hydrogen-bond acceptors (Lipinski definition) is 5. The Hall–Kier alpha value is -4.85. The van der Waals surface area contributed by atoms with Crippen LogP contribution in [0, 0.1) is 0 Å². The van der Waals surface area contributed by atoms with Crippen LogP contribution in [0.5, 0.6) is 0 Å².